The van der Waals surface area contributed by atoms with Gasteiger partial charge in [0.05, 0.1) is 29.4 Å². The lowest BCUT2D eigenvalue weighted by atomic mass is 10.2. The molecule has 1 aliphatic heterocycles. The van der Waals surface area contributed by atoms with Crippen molar-refractivity contribution in [1.82, 2.24) is 14.1 Å². The topological polar surface area (TPSA) is 64.4 Å². The SMILES string of the molecule is Cn1cc([C@H]2CN(S(=O)(=O)c3ccc(F)cc3C(F)(F)F)CCO2)cn1. The lowest BCUT2D eigenvalue weighted by Crippen LogP contribution is -2.42. The van der Waals surface area contributed by atoms with E-state index in [1.807, 2.05) is 0 Å². The lowest BCUT2D eigenvalue weighted by molar-refractivity contribution is -0.140. The van der Waals surface area contributed by atoms with E-state index in [0.29, 0.717) is 17.7 Å². The Kier molecular flexibility index (Phi) is 4.80. The predicted octanol–water partition coefficient (Wildman–Crippen LogP) is 2.34. The van der Waals surface area contributed by atoms with Crippen LogP contribution in [0.25, 0.3) is 0 Å². The number of nitrogens with zero attached hydrogens (tertiary/aromatic N) is 3. The summed E-state index contributed by atoms with van der Waals surface area (Å²) in [5, 5.41) is 3.97. The molecular formula is C15H15F4N3O3S. The Labute approximate surface area is 147 Å². The summed E-state index contributed by atoms with van der Waals surface area (Å²) in [7, 11) is -2.81. The van der Waals surface area contributed by atoms with Gasteiger partial charge in [-0.2, -0.15) is 22.6 Å². The molecule has 2 aromatic rings. The van der Waals surface area contributed by atoms with Crippen molar-refractivity contribution in [1.29, 1.82) is 0 Å². The predicted molar refractivity (Wildman–Crippen MR) is 82.1 cm³/mol. The zero-order chi connectivity index (χ0) is 19.1. The highest BCUT2D eigenvalue weighted by molar-refractivity contribution is 7.89. The fourth-order valence-corrected chi connectivity index (χ4v) is 4.36. The van der Waals surface area contributed by atoms with Crippen LogP contribution in [0, 0.1) is 5.82 Å². The van der Waals surface area contributed by atoms with Gasteiger partial charge in [-0.3, -0.25) is 4.68 Å². The molecule has 6 nitrogen and oxygen atoms in total. The van der Waals surface area contributed by atoms with Crippen LogP contribution in [0.4, 0.5) is 17.6 Å². The van der Waals surface area contributed by atoms with Gasteiger partial charge < -0.3 is 4.74 Å². The summed E-state index contributed by atoms with van der Waals surface area (Å²) < 4.78 is 86.3. The van der Waals surface area contributed by atoms with Crippen molar-refractivity contribution >= 4 is 10.0 Å². The molecule has 1 saturated heterocycles. The molecule has 0 bridgehead atoms. The zero-order valence-corrected chi connectivity index (χ0v) is 14.4. The number of hydrogen-bond acceptors (Lipinski definition) is 4. The maximum atomic E-state index is 13.3. The molecule has 0 aliphatic carbocycles. The van der Waals surface area contributed by atoms with Crippen LogP contribution >= 0.6 is 0 Å². The quantitative estimate of drug-likeness (QED) is 0.751. The average molecular weight is 393 g/mol. The summed E-state index contributed by atoms with van der Waals surface area (Å²) in [6.07, 6.45) is -2.51. The minimum atomic E-state index is -5.00. The van der Waals surface area contributed by atoms with Crippen LogP contribution in [-0.4, -0.2) is 42.2 Å². The molecule has 1 aromatic carbocycles. The standard InChI is InChI=1S/C15H15F4N3O3S/c1-21-8-10(7-20-21)13-9-22(4-5-25-13)26(23,24)14-3-2-11(16)6-12(14)15(17,18)19/h2-3,6-8,13H,4-5,9H2,1H3/t13-/m1/s1. The van der Waals surface area contributed by atoms with Gasteiger partial charge in [0, 0.05) is 31.9 Å². The number of hydrogen-bond donors (Lipinski definition) is 0. The third-order valence-electron chi connectivity index (χ3n) is 3.99. The number of ether oxygens (including phenoxy) is 1. The Hall–Kier alpha value is -1.98. The van der Waals surface area contributed by atoms with Crippen molar-refractivity contribution in [2.24, 2.45) is 7.05 Å². The van der Waals surface area contributed by atoms with E-state index < -0.39 is 38.6 Å². The van der Waals surface area contributed by atoms with Crippen molar-refractivity contribution in [3.63, 3.8) is 0 Å². The van der Waals surface area contributed by atoms with Crippen molar-refractivity contribution < 1.29 is 30.7 Å². The van der Waals surface area contributed by atoms with Gasteiger partial charge >= 0.3 is 6.18 Å². The van der Waals surface area contributed by atoms with Crippen molar-refractivity contribution in [3.05, 3.63) is 47.5 Å². The Morgan fingerprint density at radius 1 is 1.31 bits per heavy atom. The van der Waals surface area contributed by atoms with Gasteiger partial charge in [-0.05, 0) is 18.2 Å². The van der Waals surface area contributed by atoms with Crippen LogP contribution in [0.15, 0.2) is 35.5 Å². The monoisotopic (exact) mass is 393 g/mol. The molecule has 11 heteroatoms. The van der Waals surface area contributed by atoms with E-state index in [2.05, 4.69) is 5.10 Å². The highest BCUT2D eigenvalue weighted by atomic mass is 32.2. The third kappa shape index (κ3) is 3.60. The Morgan fingerprint density at radius 2 is 2.04 bits per heavy atom. The number of benzene rings is 1. The molecule has 1 aliphatic rings. The number of rotatable bonds is 3. The van der Waals surface area contributed by atoms with Gasteiger partial charge in [0.2, 0.25) is 10.0 Å². The molecule has 1 fully saturated rings. The molecule has 2 heterocycles. The third-order valence-corrected chi connectivity index (χ3v) is 5.91. The number of morpholine rings is 1. The second-order valence-electron chi connectivity index (χ2n) is 5.81. The minimum Gasteiger partial charge on any atom is -0.371 e. The number of alkyl halides is 3. The second kappa shape index (κ2) is 6.63. The van der Waals surface area contributed by atoms with Crippen LogP contribution in [0.1, 0.15) is 17.2 Å². The second-order valence-corrected chi connectivity index (χ2v) is 7.71. The fraction of sp³-hybridized carbons (Fsp3) is 0.400. The summed E-state index contributed by atoms with van der Waals surface area (Å²) in [6.45, 7) is -0.252. The molecule has 1 atom stereocenters. The number of halogens is 4. The Morgan fingerprint density at radius 3 is 2.65 bits per heavy atom. The van der Waals surface area contributed by atoms with E-state index in [4.69, 9.17) is 4.74 Å². The first-order chi connectivity index (χ1) is 12.1. The molecule has 1 aromatic heterocycles. The van der Waals surface area contributed by atoms with Gasteiger partial charge in [-0.1, -0.05) is 0 Å². The molecule has 0 radical (unpaired) electrons. The van der Waals surface area contributed by atoms with Crippen molar-refractivity contribution in [2.45, 2.75) is 17.2 Å². The largest absolute Gasteiger partial charge is 0.417 e. The van der Waals surface area contributed by atoms with Gasteiger partial charge in [0.25, 0.3) is 0 Å². The average Bonchev–Trinajstić information content (AvgIpc) is 3.00. The molecule has 0 unspecified atom stereocenters. The van der Waals surface area contributed by atoms with Crippen LogP contribution < -0.4 is 0 Å². The van der Waals surface area contributed by atoms with Crippen molar-refractivity contribution in [3.8, 4) is 0 Å². The molecule has 142 valence electrons. The van der Waals surface area contributed by atoms with Gasteiger partial charge in [-0.25, -0.2) is 12.8 Å². The summed E-state index contributed by atoms with van der Waals surface area (Å²) >= 11 is 0. The van der Waals surface area contributed by atoms with Crippen LogP contribution in [0.3, 0.4) is 0 Å². The zero-order valence-electron chi connectivity index (χ0n) is 13.6. The van der Waals surface area contributed by atoms with Crippen molar-refractivity contribution in [2.75, 3.05) is 19.7 Å². The molecule has 0 spiro atoms. The molecule has 0 saturated carbocycles. The first-order valence-electron chi connectivity index (χ1n) is 7.56. The molecule has 26 heavy (non-hydrogen) atoms. The summed E-state index contributed by atoms with van der Waals surface area (Å²) in [5.74, 6) is -1.16. The number of sulfonamides is 1. The maximum absolute atomic E-state index is 13.3. The summed E-state index contributed by atoms with van der Waals surface area (Å²) in [4.78, 5) is -0.974. The van der Waals surface area contributed by atoms with E-state index in [9.17, 15) is 26.0 Å². The van der Waals surface area contributed by atoms with E-state index in [0.717, 1.165) is 4.31 Å². The number of aryl methyl sites for hydroxylation is 1. The summed E-state index contributed by atoms with van der Waals surface area (Å²) in [6, 6.07) is 1.52. The highest BCUT2D eigenvalue weighted by Crippen LogP contribution is 2.36. The smallest absolute Gasteiger partial charge is 0.371 e. The van der Waals surface area contributed by atoms with Gasteiger partial charge in [-0.15, -0.1) is 0 Å². The van der Waals surface area contributed by atoms with Gasteiger partial charge in [0.15, 0.2) is 0 Å². The Bertz CT molecular complexity index is 911. The van der Waals surface area contributed by atoms with Crippen LogP contribution in [0.5, 0.6) is 0 Å². The molecule has 0 amide bonds. The van der Waals surface area contributed by atoms with E-state index in [1.54, 1.807) is 13.2 Å². The molecule has 0 N–H and O–H groups in total. The van der Waals surface area contributed by atoms with Gasteiger partial charge in [0.1, 0.15) is 5.82 Å². The Balaban J connectivity index is 1.95. The maximum Gasteiger partial charge on any atom is 0.417 e. The summed E-state index contributed by atoms with van der Waals surface area (Å²) in [5.41, 5.74) is -0.913. The minimum absolute atomic E-state index is 0.0152. The van der Waals surface area contributed by atoms with E-state index >= 15 is 0 Å². The number of aromatic nitrogens is 2. The van der Waals surface area contributed by atoms with E-state index in [-0.39, 0.29) is 25.8 Å². The first kappa shape index (κ1) is 18.8. The fourth-order valence-electron chi connectivity index (χ4n) is 2.74. The molecular weight excluding hydrogens is 378 g/mol. The molecule has 3 rings (SSSR count). The first-order valence-corrected chi connectivity index (χ1v) is 9.00. The lowest BCUT2D eigenvalue weighted by Gasteiger charge is -2.32. The highest BCUT2D eigenvalue weighted by Gasteiger charge is 2.41. The van der Waals surface area contributed by atoms with Crippen LogP contribution in [0.2, 0.25) is 0 Å². The normalized spacial score (nSPS) is 19.7. The van der Waals surface area contributed by atoms with E-state index in [1.165, 1.54) is 10.9 Å². The van der Waals surface area contributed by atoms with Crippen LogP contribution in [-0.2, 0) is 28.0 Å².